The molecule has 3 aromatic rings. The van der Waals surface area contributed by atoms with Crippen LogP contribution >= 0.6 is 11.6 Å². The second kappa shape index (κ2) is 7.94. The molecule has 1 aromatic carbocycles. The molecule has 0 aliphatic heterocycles. The van der Waals surface area contributed by atoms with Crippen molar-refractivity contribution in [3.05, 3.63) is 63.9 Å². The van der Waals surface area contributed by atoms with Crippen molar-refractivity contribution in [2.45, 2.75) is 6.92 Å². The Morgan fingerprint density at radius 1 is 1.14 bits per heavy atom. The van der Waals surface area contributed by atoms with Gasteiger partial charge in [0, 0.05) is 24.4 Å². The van der Waals surface area contributed by atoms with E-state index in [1.165, 1.54) is 0 Å². The summed E-state index contributed by atoms with van der Waals surface area (Å²) in [6, 6.07) is 8.48. The number of nitrogens with two attached hydrogens (primary N) is 2. The van der Waals surface area contributed by atoms with E-state index in [0.29, 0.717) is 44.5 Å². The fourth-order valence-corrected chi connectivity index (χ4v) is 2.81. The first-order chi connectivity index (χ1) is 13.4. The summed E-state index contributed by atoms with van der Waals surface area (Å²) in [7, 11) is 1.54. The minimum Gasteiger partial charge on any atom is -0.384 e. The van der Waals surface area contributed by atoms with Crippen LogP contribution in [0.25, 0.3) is 11.3 Å². The molecule has 0 atom stereocenters. The summed E-state index contributed by atoms with van der Waals surface area (Å²) in [6.45, 7) is 1.80. The highest BCUT2D eigenvalue weighted by Gasteiger charge is 2.15. The number of hydrogen-bond donors (Lipinski definition) is 3. The number of aromatic nitrogens is 3. The minimum absolute atomic E-state index is 0.124. The molecule has 140 valence electrons. The number of anilines is 2. The van der Waals surface area contributed by atoms with Crippen LogP contribution < -0.4 is 16.8 Å². The fourth-order valence-electron chi connectivity index (χ4n) is 2.55. The van der Waals surface area contributed by atoms with Gasteiger partial charge in [0.25, 0.3) is 5.91 Å². The monoisotopic (exact) mass is 392 g/mol. The molecule has 0 spiro atoms. The minimum atomic E-state index is -0.272. The van der Waals surface area contributed by atoms with Crippen LogP contribution in [0.1, 0.15) is 27.2 Å². The number of nitrogens with one attached hydrogen (secondary N) is 1. The van der Waals surface area contributed by atoms with E-state index in [4.69, 9.17) is 23.1 Å². The van der Waals surface area contributed by atoms with Crippen molar-refractivity contribution in [1.82, 2.24) is 20.3 Å². The lowest BCUT2D eigenvalue weighted by atomic mass is 10.0. The molecule has 0 unspecified atom stereocenters. The first kappa shape index (κ1) is 19.1. The maximum absolute atomic E-state index is 11.9. The molecule has 5 N–H and O–H groups in total. The molecule has 1 amide bonds. The topological polar surface area (TPSA) is 120 Å². The van der Waals surface area contributed by atoms with Crippen LogP contribution in [0, 0.1) is 18.8 Å². The predicted octanol–water partition coefficient (Wildman–Crippen LogP) is 2.42. The Labute approximate surface area is 167 Å². The molecular weight excluding hydrogens is 376 g/mol. The van der Waals surface area contributed by atoms with Crippen molar-refractivity contribution in [1.29, 1.82) is 0 Å². The van der Waals surface area contributed by atoms with Crippen LogP contribution in [0.3, 0.4) is 0 Å². The standard InChI is InChI=1S/C20H17ClN6O/c1-11-14(6-3-12-4-8-17(22)25-10-12)18(27-20(23)26-11)13-5-7-15(16(21)9-13)19(28)24-2/h4-5,7-10H,1-2H3,(H2,22,25)(H,24,28)(H2,23,26,27). The maximum atomic E-state index is 11.9. The van der Waals surface area contributed by atoms with E-state index in [2.05, 4.69) is 32.1 Å². The Morgan fingerprint density at radius 3 is 2.57 bits per heavy atom. The molecule has 0 fully saturated rings. The van der Waals surface area contributed by atoms with Gasteiger partial charge in [0.15, 0.2) is 0 Å². The third kappa shape index (κ3) is 4.03. The number of carbonyl (C=O) groups excluding carboxylic acids is 1. The van der Waals surface area contributed by atoms with Gasteiger partial charge < -0.3 is 16.8 Å². The van der Waals surface area contributed by atoms with Gasteiger partial charge in [0.05, 0.1) is 27.5 Å². The maximum Gasteiger partial charge on any atom is 0.252 e. The van der Waals surface area contributed by atoms with E-state index in [0.717, 1.165) is 0 Å². The van der Waals surface area contributed by atoms with Crippen molar-refractivity contribution in [2.75, 3.05) is 18.5 Å². The van der Waals surface area contributed by atoms with Crippen molar-refractivity contribution < 1.29 is 4.79 Å². The van der Waals surface area contributed by atoms with Crippen LogP contribution in [0.2, 0.25) is 5.02 Å². The van der Waals surface area contributed by atoms with E-state index < -0.39 is 0 Å². The van der Waals surface area contributed by atoms with Gasteiger partial charge in [0.2, 0.25) is 5.95 Å². The molecule has 28 heavy (non-hydrogen) atoms. The smallest absolute Gasteiger partial charge is 0.252 e. The second-order valence-electron chi connectivity index (χ2n) is 5.89. The average molecular weight is 393 g/mol. The van der Waals surface area contributed by atoms with Crippen LogP contribution in [-0.2, 0) is 0 Å². The van der Waals surface area contributed by atoms with Crippen molar-refractivity contribution >= 4 is 29.3 Å². The summed E-state index contributed by atoms with van der Waals surface area (Å²) in [5.41, 5.74) is 14.9. The molecule has 0 radical (unpaired) electrons. The molecule has 2 aromatic heterocycles. The summed E-state index contributed by atoms with van der Waals surface area (Å²) in [4.78, 5) is 24.4. The van der Waals surface area contributed by atoms with Crippen molar-refractivity contribution in [3.63, 3.8) is 0 Å². The molecule has 0 aliphatic rings. The Balaban J connectivity index is 2.11. The Morgan fingerprint density at radius 2 is 1.93 bits per heavy atom. The molecule has 0 aliphatic carbocycles. The van der Waals surface area contributed by atoms with Gasteiger partial charge in [-0.2, -0.15) is 0 Å². The molecule has 0 saturated heterocycles. The van der Waals surface area contributed by atoms with Crippen molar-refractivity contribution in [3.8, 4) is 23.1 Å². The van der Waals surface area contributed by atoms with Gasteiger partial charge in [-0.3, -0.25) is 4.79 Å². The number of halogens is 1. The number of pyridine rings is 1. The first-order valence-corrected chi connectivity index (χ1v) is 8.66. The van der Waals surface area contributed by atoms with E-state index in [1.807, 2.05) is 0 Å². The lowest BCUT2D eigenvalue weighted by Gasteiger charge is -2.10. The van der Waals surface area contributed by atoms with E-state index in [-0.39, 0.29) is 11.9 Å². The summed E-state index contributed by atoms with van der Waals surface area (Å²) >= 11 is 6.28. The zero-order valence-corrected chi connectivity index (χ0v) is 16.0. The van der Waals surface area contributed by atoms with Gasteiger partial charge in [-0.1, -0.05) is 29.5 Å². The molecule has 7 nitrogen and oxygen atoms in total. The van der Waals surface area contributed by atoms with E-state index >= 15 is 0 Å². The molecule has 0 bridgehead atoms. The molecule has 2 heterocycles. The van der Waals surface area contributed by atoms with Gasteiger partial charge in [0.1, 0.15) is 5.82 Å². The zero-order chi connectivity index (χ0) is 20.3. The van der Waals surface area contributed by atoms with Crippen LogP contribution in [0.5, 0.6) is 0 Å². The van der Waals surface area contributed by atoms with Crippen molar-refractivity contribution in [2.24, 2.45) is 0 Å². The number of hydrogen-bond acceptors (Lipinski definition) is 6. The fraction of sp³-hybridized carbons (Fsp3) is 0.100. The Bertz CT molecular complexity index is 1120. The summed E-state index contributed by atoms with van der Waals surface area (Å²) in [6.07, 6.45) is 1.59. The largest absolute Gasteiger partial charge is 0.384 e. The number of amides is 1. The van der Waals surface area contributed by atoms with E-state index in [9.17, 15) is 4.79 Å². The number of benzene rings is 1. The van der Waals surface area contributed by atoms with Gasteiger partial charge in [-0.25, -0.2) is 15.0 Å². The predicted molar refractivity (Wildman–Crippen MR) is 110 cm³/mol. The highest BCUT2D eigenvalue weighted by atomic mass is 35.5. The average Bonchev–Trinajstić information content (AvgIpc) is 2.67. The summed E-state index contributed by atoms with van der Waals surface area (Å²) in [5, 5.41) is 2.85. The van der Waals surface area contributed by atoms with Crippen LogP contribution in [0.15, 0.2) is 36.5 Å². The summed E-state index contributed by atoms with van der Waals surface area (Å²) in [5.74, 6) is 6.38. The highest BCUT2D eigenvalue weighted by molar-refractivity contribution is 6.34. The number of nitrogen functional groups attached to an aromatic ring is 2. The SMILES string of the molecule is CNC(=O)c1ccc(-c2nc(N)nc(C)c2C#Cc2ccc(N)nc2)cc1Cl. The van der Waals surface area contributed by atoms with Crippen LogP contribution in [-0.4, -0.2) is 27.9 Å². The normalized spacial score (nSPS) is 10.1. The number of aryl methyl sites for hydroxylation is 1. The molecular formula is C20H17ClN6O. The first-order valence-electron chi connectivity index (χ1n) is 8.28. The highest BCUT2D eigenvalue weighted by Crippen LogP contribution is 2.28. The Hall–Kier alpha value is -3.63. The molecule has 3 rings (SSSR count). The third-order valence-electron chi connectivity index (χ3n) is 3.94. The van der Waals surface area contributed by atoms with Gasteiger partial charge in [-0.15, -0.1) is 0 Å². The number of nitrogens with zero attached hydrogens (tertiary/aromatic N) is 3. The summed E-state index contributed by atoms with van der Waals surface area (Å²) < 4.78 is 0. The van der Waals surface area contributed by atoms with Crippen LogP contribution in [0.4, 0.5) is 11.8 Å². The quantitative estimate of drug-likeness (QED) is 0.576. The van der Waals surface area contributed by atoms with E-state index in [1.54, 1.807) is 50.5 Å². The third-order valence-corrected chi connectivity index (χ3v) is 4.25. The van der Waals surface area contributed by atoms with Gasteiger partial charge >= 0.3 is 0 Å². The molecule has 8 heteroatoms. The molecule has 0 saturated carbocycles. The zero-order valence-electron chi connectivity index (χ0n) is 15.2. The Kier molecular flexibility index (Phi) is 5.43. The number of rotatable bonds is 2. The lowest BCUT2D eigenvalue weighted by Crippen LogP contribution is -2.18. The lowest BCUT2D eigenvalue weighted by molar-refractivity contribution is 0.0963. The van der Waals surface area contributed by atoms with Gasteiger partial charge in [-0.05, 0) is 31.2 Å². The number of carbonyl (C=O) groups is 1. The second-order valence-corrected chi connectivity index (χ2v) is 6.29.